The third-order valence-electron chi connectivity index (χ3n) is 3.69. The molecule has 1 aromatic rings. The molecule has 1 aliphatic rings. The standard InChI is InChI=1S/C14H16F3NO/c15-14(16,17)12-8-10(13(18)19)6-7-11(12)9-4-2-1-3-5-9/h6-9H,1-5H2,(H2,18,19). The van der Waals surface area contributed by atoms with Crippen molar-refractivity contribution in [1.29, 1.82) is 0 Å². The Hall–Kier alpha value is -1.52. The number of carbonyl (C=O) groups excluding carboxylic acids is 1. The average Bonchev–Trinajstić information content (AvgIpc) is 2.38. The topological polar surface area (TPSA) is 43.1 Å². The van der Waals surface area contributed by atoms with Gasteiger partial charge in [0.2, 0.25) is 5.91 Å². The van der Waals surface area contributed by atoms with Gasteiger partial charge < -0.3 is 5.73 Å². The fourth-order valence-electron chi connectivity index (χ4n) is 2.72. The molecule has 0 spiro atoms. The van der Waals surface area contributed by atoms with Crippen molar-refractivity contribution < 1.29 is 18.0 Å². The minimum atomic E-state index is -4.45. The van der Waals surface area contributed by atoms with Crippen LogP contribution in [0.5, 0.6) is 0 Å². The van der Waals surface area contributed by atoms with Gasteiger partial charge in [-0.1, -0.05) is 25.3 Å². The molecule has 1 saturated carbocycles. The van der Waals surface area contributed by atoms with Gasteiger partial charge in [-0.25, -0.2) is 0 Å². The van der Waals surface area contributed by atoms with Gasteiger partial charge >= 0.3 is 6.18 Å². The van der Waals surface area contributed by atoms with Gasteiger partial charge in [0.25, 0.3) is 0 Å². The van der Waals surface area contributed by atoms with E-state index in [0.717, 1.165) is 38.2 Å². The van der Waals surface area contributed by atoms with E-state index in [2.05, 4.69) is 0 Å². The minimum absolute atomic E-state index is 0.0627. The highest BCUT2D eigenvalue weighted by molar-refractivity contribution is 5.93. The number of halogens is 3. The Morgan fingerprint density at radius 3 is 2.32 bits per heavy atom. The predicted molar refractivity (Wildman–Crippen MR) is 65.8 cm³/mol. The lowest BCUT2D eigenvalue weighted by molar-refractivity contribution is -0.138. The van der Waals surface area contributed by atoms with E-state index < -0.39 is 17.6 Å². The van der Waals surface area contributed by atoms with E-state index in [4.69, 9.17) is 5.73 Å². The first kappa shape index (κ1) is 13.9. The van der Waals surface area contributed by atoms with Crippen molar-refractivity contribution in [2.75, 3.05) is 0 Å². The van der Waals surface area contributed by atoms with Gasteiger partial charge in [-0.15, -0.1) is 0 Å². The maximum Gasteiger partial charge on any atom is 0.416 e. The van der Waals surface area contributed by atoms with Crippen molar-refractivity contribution in [1.82, 2.24) is 0 Å². The SMILES string of the molecule is NC(=O)c1ccc(C2CCCCC2)c(C(F)(F)F)c1. The Morgan fingerprint density at radius 1 is 1.16 bits per heavy atom. The lowest BCUT2D eigenvalue weighted by atomic mass is 9.81. The molecule has 1 amide bonds. The summed E-state index contributed by atoms with van der Waals surface area (Å²) in [5.74, 6) is -0.895. The van der Waals surface area contributed by atoms with Crippen LogP contribution in [0.3, 0.4) is 0 Å². The van der Waals surface area contributed by atoms with Crippen LogP contribution < -0.4 is 5.73 Å². The van der Waals surface area contributed by atoms with E-state index in [1.807, 2.05) is 0 Å². The fourth-order valence-corrected chi connectivity index (χ4v) is 2.72. The number of benzene rings is 1. The fraction of sp³-hybridized carbons (Fsp3) is 0.500. The van der Waals surface area contributed by atoms with Crippen LogP contribution in [-0.2, 0) is 6.18 Å². The zero-order chi connectivity index (χ0) is 14.0. The van der Waals surface area contributed by atoms with Crippen molar-refractivity contribution in [2.45, 2.75) is 44.2 Å². The van der Waals surface area contributed by atoms with Crippen LogP contribution in [0.15, 0.2) is 18.2 Å². The third-order valence-corrected chi connectivity index (χ3v) is 3.69. The molecule has 0 unspecified atom stereocenters. The van der Waals surface area contributed by atoms with Gasteiger partial charge in [0.05, 0.1) is 5.56 Å². The minimum Gasteiger partial charge on any atom is -0.366 e. The predicted octanol–water partition coefficient (Wildman–Crippen LogP) is 3.85. The second kappa shape index (κ2) is 5.23. The Kier molecular flexibility index (Phi) is 3.83. The summed E-state index contributed by atoms with van der Waals surface area (Å²) in [6, 6.07) is 3.69. The molecule has 0 bridgehead atoms. The van der Waals surface area contributed by atoms with Crippen LogP contribution in [0.1, 0.15) is 59.5 Å². The van der Waals surface area contributed by atoms with E-state index in [9.17, 15) is 18.0 Å². The molecule has 0 saturated heterocycles. The van der Waals surface area contributed by atoms with Crippen molar-refractivity contribution in [3.05, 3.63) is 34.9 Å². The van der Waals surface area contributed by atoms with Gasteiger partial charge in [-0.3, -0.25) is 4.79 Å². The van der Waals surface area contributed by atoms with Crippen molar-refractivity contribution >= 4 is 5.91 Å². The Bertz CT molecular complexity index is 476. The smallest absolute Gasteiger partial charge is 0.366 e. The highest BCUT2D eigenvalue weighted by Crippen LogP contribution is 2.40. The average molecular weight is 271 g/mol. The van der Waals surface area contributed by atoms with Crippen LogP contribution in [0, 0.1) is 0 Å². The van der Waals surface area contributed by atoms with E-state index in [0.29, 0.717) is 5.56 Å². The summed E-state index contributed by atoms with van der Waals surface area (Å²) in [5, 5.41) is 0. The number of primary amides is 1. The van der Waals surface area contributed by atoms with E-state index in [1.165, 1.54) is 12.1 Å². The number of amides is 1. The van der Waals surface area contributed by atoms with Gasteiger partial charge in [-0.05, 0) is 36.5 Å². The summed E-state index contributed by atoms with van der Waals surface area (Å²) in [4.78, 5) is 11.0. The van der Waals surface area contributed by atoms with Gasteiger partial charge in [0.15, 0.2) is 0 Å². The lowest BCUT2D eigenvalue weighted by Gasteiger charge is -2.25. The number of hydrogen-bond acceptors (Lipinski definition) is 1. The van der Waals surface area contributed by atoms with E-state index in [1.54, 1.807) is 0 Å². The number of alkyl halides is 3. The molecule has 104 valence electrons. The van der Waals surface area contributed by atoms with Crippen molar-refractivity contribution in [3.63, 3.8) is 0 Å². The quantitative estimate of drug-likeness (QED) is 0.872. The summed E-state index contributed by atoms with van der Waals surface area (Å²) in [7, 11) is 0. The Labute approximate surface area is 109 Å². The third kappa shape index (κ3) is 3.08. The number of nitrogens with two attached hydrogens (primary N) is 1. The first-order chi connectivity index (χ1) is 8.89. The molecule has 2 rings (SSSR count). The van der Waals surface area contributed by atoms with Crippen LogP contribution in [0.4, 0.5) is 13.2 Å². The molecule has 2 nitrogen and oxygen atoms in total. The maximum absolute atomic E-state index is 13.1. The molecular weight excluding hydrogens is 255 g/mol. The van der Waals surface area contributed by atoms with E-state index >= 15 is 0 Å². The summed E-state index contributed by atoms with van der Waals surface area (Å²) in [5.41, 5.74) is 4.55. The van der Waals surface area contributed by atoms with Crippen molar-refractivity contribution in [3.8, 4) is 0 Å². The largest absolute Gasteiger partial charge is 0.416 e. The molecule has 2 N–H and O–H groups in total. The highest BCUT2D eigenvalue weighted by Gasteiger charge is 2.36. The number of carbonyl (C=O) groups is 1. The molecule has 0 aromatic heterocycles. The monoisotopic (exact) mass is 271 g/mol. The zero-order valence-electron chi connectivity index (χ0n) is 10.5. The van der Waals surface area contributed by atoms with Gasteiger partial charge in [0.1, 0.15) is 0 Å². The Balaban J connectivity index is 2.44. The summed E-state index contributed by atoms with van der Waals surface area (Å²) < 4.78 is 39.3. The molecule has 0 atom stereocenters. The highest BCUT2D eigenvalue weighted by atomic mass is 19.4. The second-order valence-electron chi connectivity index (χ2n) is 5.00. The molecular formula is C14H16F3NO. The molecule has 0 radical (unpaired) electrons. The molecule has 5 heteroatoms. The molecule has 19 heavy (non-hydrogen) atoms. The normalized spacial score (nSPS) is 17.4. The Morgan fingerprint density at radius 2 is 1.79 bits per heavy atom. The van der Waals surface area contributed by atoms with Crippen LogP contribution >= 0.6 is 0 Å². The zero-order valence-corrected chi connectivity index (χ0v) is 10.5. The van der Waals surface area contributed by atoms with E-state index in [-0.39, 0.29) is 11.5 Å². The first-order valence-corrected chi connectivity index (χ1v) is 6.40. The summed E-state index contributed by atoms with van der Waals surface area (Å²) in [6.45, 7) is 0. The van der Waals surface area contributed by atoms with Crippen LogP contribution in [0.25, 0.3) is 0 Å². The van der Waals surface area contributed by atoms with Gasteiger partial charge in [0, 0.05) is 5.56 Å². The summed E-state index contributed by atoms with van der Waals surface area (Å²) in [6.07, 6.45) is 0.104. The molecule has 1 aromatic carbocycles. The number of hydrogen-bond donors (Lipinski definition) is 1. The molecule has 0 aliphatic heterocycles. The van der Waals surface area contributed by atoms with Crippen LogP contribution in [-0.4, -0.2) is 5.91 Å². The summed E-state index contributed by atoms with van der Waals surface area (Å²) >= 11 is 0. The molecule has 1 aliphatic carbocycles. The second-order valence-corrected chi connectivity index (χ2v) is 5.00. The first-order valence-electron chi connectivity index (χ1n) is 6.40. The van der Waals surface area contributed by atoms with Gasteiger partial charge in [-0.2, -0.15) is 13.2 Å². The molecule has 1 fully saturated rings. The lowest BCUT2D eigenvalue weighted by Crippen LogP contribution is -2.17. The van der Waals surface area contributed by atoms with Crippen molar-refractivity contribution in [2.24, 2.45) is 5.73 Å². The maximum atomic E-state index is 13.1. The van der Waals surface area contributed by atoms with Crippen LogP contribution in [0.2, 0.25) is 0 Å². The number of rotatable bonds is 2. The molecule has 0 heterocycles.